The summed E-state index contributed by atoms with van der Waals surface area (Å²) in [6, 6.07) is 5.92. The first-order valence-electron chi connectivity index (χ1n) is 6.64. The molecule has 0 fully saturated rings. The van der Waals surface area contributed by atoms with Crippen molar-refractivity contribution in [1.82, 2.24) is 14.9 Å². The zero-order valence-corrected chi connectivity index (χ0v) is 11.6. The van der Waals surface area contributed by atoms with Gasteiger partial charge in [0.25, 0.3) is 0 Å². The van der Waals surface area contributed by atoms with E-state index < -0.39 is 12.7 Å². The first-order chi connectivity index (χ1) is 9.40. The van der Waals surface area contributed by atoms with E-state index in [4.69, 9.17) is 0 Å². The number of halogens is 3. The predicted octanol–water partition coefficient (Wildman–Crippen LogP) is 3.41. The number of rotatable bonds is 5. The number of aryl methyl sites for hydroxylation is 2. The molecule has 0 radical (unpaired) electrons. The second-order valence-electron chi connectivity index (χ2n) is 4.89. The zero-order chi connectivity index (χ0) is 14.8. The van der Waals surface area contributed by atoms with Crippen LogP contribution in [0.15, 0.2) is 18.2 Å². The standard InChI is InChI=1S/C14H18F3N3/c1-3-6-20-12-5-4-10(2)7-11(12)19-13(20)8-18-9-14(15,16)17/h4-5,7,18H,3,6,8-9H2,1-2H3. The lowest BCUT2D eigenvalue weighted by Gasteiger charge is -2.10. The van der Waals surface area contributed by atoms with Crippen molar-refractivity contribution < 1.29 is 13.2 Å². The van der Waals surface area contributed by atoms with Crippen molar-refractivity contribution in [3.05, 3.63) is 29.6 Å². The van der Waals surface area contributed by atoms with Crippen LogP contribution in [0.4, 0.5) is 13.2 Å². The van der Waals surface area contributed by atoms with Crippen molar-refractivity contribution in [2.24, 2.45) is 0 Å². The second kappa shape index (κ2) is 5.83. The van der Waals surface area contributed by atoms with Crippen molar-refractivity contribution in [2.45, 2.75) is 39.5 Å². The van der Waals surface area contributed by atoms with Gasteiger partial charge in [0.2, 0.25) is 0 Å². The van der Waals surface area contributed by atoms with Gasteiger partial charge in [0.15, 0.2) is 0 Å². The zero-order valence-electron chi connectivity index (χ0n) is 11.6. The van der Waals surface area contributed by atoms with Gasteiger partial charge in [-0.3, -0.25) is 0 Å². The van der Waals surface area contributed by atoms with Crippen LogP contribution in [-0.2, 0) is 13.1 Å². The lowest BCUT2D eigenvalue weighted by Crippen LogP contribution is -2.29. The van der Waals surface area contributed by atoms with E-state index in [1.54, 1.807) is 0 Å². The van der Waals surface area contributed by atoms with Crippen molar-refractivity contribution in [1.29, 1.82) is 0 Å². The highest BCUT2D eigenvalue weighted by Crippen LogP contribution is 2.19. The molecule has 0 amide bonds. The molecule has 0 aliphatic heterocycles. The van der Waals surface area contributed by atoms with Crippen LogP contribution in [0.1, 0.15) is 24.7 Å². The highest BCUT2D eigenvalue weighted by Gasteiger charge is 2.26. The Morgan fingerprint density at radius 2 is 2.05 bits per heavy atom. The minimum atomic E-state index is -4.20. The monoisotopic (exact) mass is 285 g/mol. The van der Waals surface area contributed by atoms with Crippen LogP contribution in [0.5, 0.6) is 0 Å². The second-order valence-corrected chi connectivity index (χ2v) is 4.89. The van der Waals surface area contributed by atoms with E-state index in [9.17, 15) is 13.2 Å². The Morgan fingerprint density at radius 3 is 2.70 bits per heavy atom. The molecule has 2 rings (SSSR count). The minimum Gasteiger partial charge on any atom is -0.327 e. The fourth-order valence-electron chi connectivity index (χ4n) is 2.21. The molecule has 0 saturated heterocycles. The summed E-state index contributed by atoms with van der Waals surface area (Å²) in [4.78, 5) is 4.44. The van der Waals surface area contributed by atoms with E-state index in [1.807, 2.05) is 36.6 Å². The van der Waals surface area contributed by atoms with E-state index in [2.05, 4.69) is 10.3 Å². The topological polar surface area (TPSA) is 29.9 Å². The molecule has 0 saturated carbocycles. The number of fused-ring (bicyclic) bond motifs is 1. The quantitative estimate of drug-likeness (QED) is 0.912. The average Bonchev–Trinajstić information content (AvgIpc) is 2.66. The van der Waals surface area contributed by atoms with Gasteiger partial charge in [-0.05, 0) is 31.0 Å². The minimum absolute atomic E-state index is 0.118. The van der Waals surface area contributed by atoms with Crippen LogP contribution >= 0.6 is 0 Å². The number of nitrogens with zero attached hydrogens (tertiary/aromatic N) is 2. The van der Waals surface area contributed by atoms with Crippen LogP contribution in [0.25, 0.3) is 11.0 Å². The van der Waals surface area contributed by atoms with E-state index in [0.29, 0.717) is 5.82 Å². The number of hydrogen-bond acceptors (Lipinski definition) is 2. The molecule has 1 heterocycles. The molecule has 0 aliphatic rings. The Balaban J connectivity index is 2.24. The van der Waals surface area contributed by atoms with Crippen molar-refractivity contribution in [3.8, 4) is 0 Å². The van der Waals surface area contributed by atoms with Gasteiger partial charge in [0, 0.05) is 6.54 Å². The highest BCUT2D eigenvalue weighted by atomic mass is 19.4. The summed E-state index contributed by atoms with van der Waals surface area (Å²) in [7, 11) is 0. The van der Waals surface area contributed by atoms with Crippen molar-refractivity contribution in [3.63, 3.8) is 0 Å². The largest absolute Gasteiger partial charge is 0.401 e. The summed E-state index contributed by atoms with van der Waals surface area (Å²) in [5.74, 6) is 0.650. The van der Waals surface area contributed by atoms with Gasteiger partial charge in [-0.2, -0.15) is 13.2 Å². The molecule has 6 heteroatoms. The molecule has 110 valence electrons. The van der Waals surface area contributed by atoms with Crippen LogP contribution in [0.2, 0.25) is 0 Å². The number of aromatic nitrogens is 2. The smallest absolute Gasteiger partial charge is 0.327 e. The number of hydrogen-bond donors (Lipinski definition) is 1. The molecule has 0 aliphatic carbocycles. The summed E-state index contributed by atoms with van der Waals surface area (Å²) < 4.78 is 38.5. The van der Waals surface area contributed by atoms with Gasteiger partial charge in [0.1, 0.15) is 5.82 Å². The van der Waals surface area contributed by atoms with Gasteiger partial charge in [-0.1, -0.05) is 13.0 Å². The lowest BCUT2D eigenvalue weighted by atomic mass is 10.2. The molecule has 1 N–H and O–H groups in total. The number of imidazole rings is 1. The highest BCUT2D eigenvalue weighted by molar-refractivity contribution is 5.76. The van der Waals surface area contributed by atoms with Crippen LogP contribution < -0.4 is 5.32 Å². The third-order valence-corrected chi connectivity index (χ3v) is 3.04. The Labute approximate surface area is 115 Å². The fourth-order valence-corrected chi connectivity index (χ4v) is 2.21. The van der Waals surface area contributed by atoms with Crippen LogP contribution in [0, 0.1) is 6.92 Å². The predicted molar refractivity (Wildman–Crippen MR) is 72.5 cm³/mol. The lowest BCUT2D eigenvalue weighted by molar-refractivity contribution is -0.125. The molecule has 0 unspecified atom stereocenters. The summed E-state index contributed by atoms with van der Waals surface area (Å²) in [6.45, 7) is 3.88. The van der Waals surface area contributed by atoms with Gasteiger partial charge >= 0.3 is 6.18 Å². The van der Waals surface area contributed by atoms with E-state index in [1.165, 1.54) is 0 Å². The summed E-state index contributed by atoms with van der Waals surface area (Å²) in [5.41, 5.74) is 2.90. The van der Waals surface area contributed by atoms with Crippen molar-refractivity contribution in [2.75, 3.05) is 6.54 Å². The third kappa shape index (κ3) is 3.50. The fraction of sp³-hybridized carbons (Fsp3) is 0.500. The Kier molecular flexibility index (Phi) is 4.32. The van der Waals surface area contributed by atoms with Crippen LogP contribution in [0.3, 0.4) is 0 Å². The first kappa shape index (κ1) is 14.8. The maximum absolute atomic E-state index is 12.2. The maximum atomic E-state index is 12.2. The molecule has 20 heavy (non-hydrogen) atoms. The Bertz CT molecular complexity index is 587. The normalized spacial score (nSPS) is 12.2. The SMILES string of the molecule is CCCn1c(CNCC(F)(F)F)nc2cc(C)ccc21. The van der Waals surface area contributed by atoms with Crippen LogP contribution in [-0.4, -0.2) is 22.3 Å². The molecule has 0 atom stereocenters. The Hall–Kier alpha value is -1.56. The molecule has 0 bridgehead atoms. The molecule has 1 aromatic heterocycles. The average molecular weight is 285 g/mol. The molecule has 2 aromatic rings. The summed E-state index contributed by atoms with van der Waals surface area (Å²) in [6.07, 6.45) is -3.29. The third-order valence-electron chi connectivity index (χ3n) is 3.04. The number of nitrogens with one attached hydrogen (secondary N) is 1. The molecular formula is C14H18F3N3. The molecule has 1 aromatic carbocycles. The van der Waals surface area contributed by atoms with Gasteiger partial charge in [-0.25, -0.2) is 4.98 Å². The summed E-state index contributed by atoms with van der Waals surface area (Å²) >= 11 is 0. The molecular weight excluding hydrogens is 267 g/mol. The van der Waals surface area contributed by atoms with E-state index in [0.717, 1.165) is 29.6 Å². The van der Waals surface area contributed by atoms with E-state index in [-0.39, 0.29) is 6.54 Å². The number of benzene rings is 1. The molecule has 3 nitrogen and oxygen atoms in total. The van der Waals surface area contributed by atoms with Gasteiger partial charge in [0.05, 0.1) is 24.1 Å². The van der Waals surface area contributed by atoms with Gasteiger partial charge < -0.3 is 9.88 Å². The van der Waals surface area contributed by atoms with Gasteiger partial charge in [-0.15, -0.1) is 0 Å². The Morgan fingerprint density at radius 1 is 1.30 bits per heavy atom. The van der Waals surface area contributed by atoms with Crippen molar-refractivity contribution >= 4 is 11.0 Å². The van der Waals surface area contributed by atoms with E-state index >= 15 is 0 Å². The maximum Gasteiger partial charge on any atom is 0.401 e. The number of alkyl halides is 3. The first-order valence-corrected chi connectivity index (χ1v) is 6.64. The molecule has 0 spiro atoms. The summed E-state index contributed by atoms with van der Waals surface area (Å²) in [5, 5.41) is 2.41.